The Kier molecular flexibility index (Phi) is 4.33. The fraction of sp³-hybridized carbons (Fsp3) is 0.125. The maximum absolute atomic E-state index is 13.7. The summed E-state index contributed by atoms with van der Waals surface area (Å²) >= 11 is 5.87. The molecule has 2 aromatic rings. The second kappa shape index (κ2) is 5.98. The molecule has 0 saturated heterocycles. The van der Waals surface area contributed by atoms with Crippen LogP contribution in [0.1, 0.15) is 16.7 Å². The lowest BCUT2D eigenvalue weighted by molar-refractivity contribution is 0.581. The fourth-order valence-corrected chi connectivity index (χ4v) is 2.12. The van der Waals surface area contributed by atoms with Crippen LogP contribution in [0.4, 0.5) is 8.78 Å². The van der Waals surface area contributed by atoms with Gasteiger partial charge < -0.3 is 0 Å². The molecule has 98 valence electrons. The first-order valence-corrected chi connectivity index (χ1v) is 6.42. The average Bonchev–Trinajstić information content (AvgIpc) is 2.37. The number of aryl methyl sites for hydroxylation is 1. The van der Waals surface area contributed by atoms with Crippen LogP contribution in [0.3, 0.4) is 0 Å². The molecule has 0 atom stereocenters. The smallest absolute Gasteiger partial charge is 0.133 e. The molecule has 0 fully saturated rings. The molecule has 0 N–H and O–H groups in total. The van der Waals surface area contributed by atoms with E-state index in [4.69, 9.17) is 11.6 Å². The summed E-state index contributed by atoms with van der Waals surface area (Å²) in [4.78, 5) is 0. The summed E-state index contributed by atoms with van der Waals surface area (Å²) in [5, 5.41) is 0. The molecule has 0 aliphatic rings. The lowest BCUT2D eigenvalue weighted by Crippen LogP contribution is -1.93. The molecule has 0 bridgehead atoms. The molecule has 0 aromatic heterocycles. The minimum atomic E-state index is -0.598. The van der Waals surface area contributed by atoms with Gasteiger partial charge in [0.2, 0.25) is 0 Å². The third kappa shape index (κ3) is 3.42. The van der Waals surface area contributed by atoms with E-state index in [-0.39, 0.29) is 5.88 Å². The molecule has 0 unspecified atom stereocenters. The van der Waals surface area contributed by atoms with Crippen molar-refractivity contribution in [3.8, 4) is 0 Å². The molecule has 0 saturated carbocycles. The summed E-state index contributed by atoms with van der Waals surface area (Å²) in [6, 6.07) is 11.3. The van der Waals surface area contributed by atoms with Gasteiger partial charge >= 0.3 is 0 Å². The van der Waals surface area contributed by atoms with Gasteiger partial charge in [0.25, 0.3) is 0 Å². The number of benzene rings is 2. The standard InChI is InChI=1S/C16H13ClF2/c1-11-3-2-4-12(7-11)8-13(10-17)15-6-5-14(18)9-16(15)19/h2-9H,10H2,1H3/b13-8+. The highest BCUT2D eigenvalue weighted by Crippen LogP contribution is 2.23. The third-order valence-electron chi connectivity index (χ3n) is 2.80. The van der Waals surface area contributed by atoms with Crippen molar-refractivity contribution >= 4 is 23.3 Å². The minimum absolute atomic E-state index is 0.163. The predicted octanol–water partition coefficient (Wildman–Crippen LogP) is 5.05. The van der Waals surface area contributed by atoms with Crippen molar-refractivity contribution in [2.24, 2.45) is 0 Å². The van der Waals surface area contributed by atoms with E-state index in [2.05, 4.69) is 0 Å². The first-order valence-electron chi connectivity index (χ1n) is 5.89. The van der Waals surface area contributed by atoms with Crippen LogP contribution < -0.4 is 0 Å². The van der Waals surface area contributed by atoms with Gasteiger partial charge in [0, 0.05) is 17.5 Å². The van der Waals surface area contributed by atoms with Gasteiger partial charge in [0.1, 0.15) is 11.6 Å². The number of hydrogen-bond donors (Lipinski definition) is 0. The van der Waals surface area contributed by atoms with Gasteiger partial charge in [-0.05, 0) is 36.3 Å². The summed E-state index contributed by atoms with van der Waals surface area (Å²) in [6.07, 6.45) is 1.82. The first kappa shape index (κ1) is 13.8. The van der Waals surface area contributed by atoms with Crippen molar-refractivity contribution in [1.29, 1.82) is 0 Å². The van der Waals surface area contributed by atoms with Gasteiger partial charge in [-0.2, -0.15) is 0 Å². The molecule has 19 heavy (non-hydrogen) atoms. The van der Waals surface area contributed by atoms with E-state index >= 15 is 0 Å². The zero-order chi connectivity index (χ0) is 13.8. The van der Waals surface area contributed by atoms with Crippen molar-refractivity contribution in [3.05, 3.63) is 70.8 Å². The summed E-state index contributed by atoms with van der Waals surface area (Å²) in [5.41, 5.74) is 3.02. The number of hydrogen-bond acceptors (Lipinski definition) is 0. The second-order valence-electron chi connectivity index (χ2n) is 4.34. The van der Waals surface area contributed by atoms with Crippen LogP contribution in [0, 0.1) is 18.6 Å². The topological polar surface area (TPSA) is 0 Å². The van der Waals surface area contributed by atoms with Crippen LogP contribution in [0.15, 0.2) is 42.5 Å². The Balaban J connectivity index is 2.44. The van der Waals surface area contributed by atoms with Gasteiger partial charge in [-0.15, -0.1) is 11.6 Å². The Labute approximate surface area is 116 Å². The number of rotatable bonds is 3. The first-order chi connectivity index (χ1) is 9.10. The van der Waals surface area contributed by atoms with E-state index in [1.807, 2.05) is 37.3 Å². The van der Waals surface area contributed by atoms with Crippen LogP contribution in [0.5, 0.6) is 0 Å². The number of alkyl halides is 1. The Bertz CT molecular complexity index is 618. The lowest BCUT2D eigenvalue weighted by atomic mass is 10.0. The summed E-state index contributed by atoms with van der Waals surface area (Å²) < 4.78 is 26.6. The average molecular weight is 279 g/mol. The van der Waals surface area contributed by atoms with E-state index in [1.165, 1.54) is 12.1 Å². The maximum Gasteiger partial charge on any atom is 0.133 e. The molecular weight excluding hydrogens is 266 g/mol. The minimum Gasteiger partial charge on any atom is -0.207 e. The van der Waals surface area contributed by atoms with E-state index in [0.29, 0.717) is 11.1 Å². The van der Waals surface area contributed by atoms with Crippen molar-refractivity contribution < 1.29 is 8.78 Å². The Morgan fingerprint density at radius 2 is 1.95 bits per heavy atom. The van der Waals surface area contributed by atoms with E-state index in [0.717, 1.165) is 17.2 Å². The quantitative estimate of drug-likeness (QED) is 0.544. The molecule has 2 aromatic carbocycles. The van der Waals surface area contributed by atoms with E-state index < -0.39 is 11.6 Å². The van der Waals surface area contributed by atoms with Crippen molar-refractivity contribution in [1.82, 2.24) is 0 Å². The Morgan fingerprint density at radius 1 is 1.16 bits per heavy atom. The lowest BCUT2D eigenvalue weighted by Gasteiger charge is -2.06. The van der Waals surface area contributed by atoms with Gasteiger partial charge in [0.15, 0.2) is 0 Å². The largest absolute Gasteiger partial charge is 0.207 e. The van der Waals surface area contributed by atoms with Gasteiger partial charge in [0.05, 0.1) is 0 Å². The van der Waals surface area contributed by atoms with Crippen molar-refractivity contribution in [3.63, 3.8) is 0 Å². The molecule has 0 nitrogen and oxygen atoms in total. The highest BCUT2D eigenvalue weighted by atomic mass is 35.5. The normalized spacial score (nSPS) is 11.7. The molecular formula is C16H13ClF2. The predicted molar refractivity (Wildman–Crippen MR) is 76.1 cm³/mol. The molecule has 0 aliphatic heterocycles. The van der Waals surface area contributed by atoms with Crippen LogP contribution in [0.2, 0.25) is 0 Å². The van der Waals surface area contributed by atoms with Crippen LogP contribution in [0.25, 0.3) is 11.6 Å². The molecule has 0 radical (unpaired) electrons. The number of allylic oxidation sites excluding steroid dienone is 1. The summed E-state index contributed by atoms with van der Waals surface area (Å²) in [7, 11) is 0. The SMILES string of the molecule is Cc1cccc(/C=C(\CCl)c2ccc(F)cc2F)c1. The molecule has 0 spiro atoms. The van der Waals surface area contributed by atoms with Gasteiger partial charge in [-0.1, -0.05) is 29.8 Å². The van der Waals surface area contributed by atoms with E-state index in [9.17, 15) is 8.78 Å². The van der Waals surface area contributed by atoms with Gasteiger partial charge in [-0.25, -0.2) is 8.78 Å². The second-order valence-corrected chi connectivity index (χ2v) is 4.61. The monoisotopic (exact) mass is 278 g/mol. The molecule has 0 amide bonds. The molecule has 3 heteroatoms. The highest BCUT2D eigenvalue weighted by molar-refractivity contribution is 6.24. The summed E-state index contributed by atoms with van der Waals surface area (Å²) in [5.74, 6) is -1.03. The van der Waals surface area contributed by atoms with Crippen molar-refractivity contribution in [2.45, 2.75) is 6.92 Å². The van der Waals surface area contributed by atoms with E-state index in [1.54, 1.807) is 0 Å². The Hall–Kier alpha value is -1.67. The Morgan fingerprint density at radius 3 is 2.58 bits per heavy atom. The van der Waals surface area contributed by atoms with Crippen LogP contribution >= 0.6 is 11.6 Å². The zero-order valence-electron chi connectivity index (χ0n) is 10.5. The summed E-state index contributed by atoms with van der Waals surface area (Å²) in [6.45, 7) is 1.98. The molecule has 2 rings (SSSR count). The molecule has 0 aliphatic carbocycles. The zero-order valence-corrected chi connectivity index (χ0v) is 11.2. The van der Waals surface area contributed by atoms with Gasteiger partial charge in [-0.3, -0.25) is 0 Å². The fourth-order valence-electron chi connectivity index (χ4n) is 1.90. The van der Waals surface area contributed by atoms with Crippen LogP contribution in [-0.2, 0) is 0 Å². The van der Waals surface area contributed by atoms with Crippen molar-refractivity contribution in [2.75, 3.05) is 5.88 Å². The highest BCUT2D eigenvalue weighted by Gasteiger charge is 2.08. The molecule has 0 heterocycles. The van der Waals surface area contributed by atoms with Crippen LogP contribution in [-0.4, -0.2) is 5.88 Å². The number of halogens is 3. The maximum atomic E-state index is 13.7. The third-order valence-corrected chi connectivity index (χ3v) is 3.09.